The first kappa shape index (κ1) is 17.4. The van der Waals surface area contributed by atoms with Gasteiger partial charge in [0.1, 0.15) is 6.10 Å². The molecule has 0 amide bonds. The average molecular weight is 343 g/mol. The van der Waals surface area contributed by atoms with E-state index in [1.807, 2.05) is 6.92 Å². The van der Waals surface area contributed by atoms with Gasteiger partial charge in [0.2, 0.25) is 0 Å². The monoisotopic (exact) mass is 343 g/mol. The fourth-order valence-electron chi connectivity index (χ4n) is 3.74. The maximum atomic E-state index is 12.9. The normalized spacial score (nSPS) is 27.3. The molecule has 0 aliphatic carbocycles. The Hall–Kier alpha value is -1.43. The van der Waals surface area contributed by atoms with Crippen molar-refractivity contribution in [1.82, 2.24) is 4.90 Å². The van der Waals surface area contributed by atoms with Gasteiger partial charge in [-0.25, -0.2) is 0 Å². The molecule has 0 aromatic heterocycles. The molecule has 2 aliphatic rings. The number of alkyl halides is 3. The first-order valence-electron chi connectivity index (χ1n) is 8.61. The number of hydrogen-bond acceptors (Lipinski definition) is 3. The van der Waals surface area contributed by atoms with E-state index in [2.05, 4.69) is 11.9 Å². The molecular formula is C18H24F3NO2. The topological polar surface area (TPSA) is 21.7 Å². The molecule has 2 unspecified atom stereocenters. The van der Waals surface area contributed by atoms with Crippen molar-refractivity contribution in [3.05, 3.63) is 23.8 Å². The fraction of sp³-hybridized carbons (Fsp3) is 0.667. The summed E-state index contributed by atoms with van der Waals surface area (Å²) in [7, 11) is 2.15. The first-order chi connectivity index (χ1) is 11.4. The molecular weight excluding hydrogens is 319 g/mol. The van der Waals surface area contributed by atoms with Crippen LogP contribution in [-0.2, 0) is 6.18 Å². The number of halogens is 3. The Balaban J connectivity index is 1.76. The summed E-state index contributed by atoms with van der Waals surface area (Å²) < 4.78 is 50.4. The second-order valence-electron chi connectivity index (χ2n) is 6.77. The van der Waals surface area contributed by atoms with E-state index in [1.165, 1.54) is 18.9 Å². The molecule has 6 heteroatoms. The maximum absolute atomic E-state index is 12.9. The SMILES string of the molecule is CCCOc1cc(C(F)(F)F)ccc1OC1CC2CCC(C1)N2C. The van der Waals surface area contributed by atoms with Gasteiger partial charge >= 0.3 is 6.18 Å². The molecule has 1 aromatic carbocycles. The number of rotatable bonds is 5. The highest BCUT2D eigenvalue weighted by Crippen LogP contribution is 2.40. The van der Waals surface area contributed by atoms with E-state index in [0.717, 1.165) is 31.4 Å². The summed E-state index contributed by atoms with van der Waals surface area (Å²) in [5.41, 5.74) is -0.704. The first-order valence-corrected chi connectivity index (χ1v) is 8.61. The molecule has 0 saturated carbocycles. The third-order valence-electron chi connectivity index (χ3n) is 5.08. The second-order valence-corrected chi connectivity index (χ2v) is 6.77. The van der Waals surface area contributed by atoms with Crippen LogP contribution in [-0.4, -0.2) is 36.7 Å². The summed E-state index contributed by atoms with van der Waals surface area (Å²) >= 11 is 0. The van der Waals surface area contributed by atoms with E-state index in [-0.39, 0.29) is 11.9 Å². The fourth-order valence-corrected chi connectivity index (χ4v) is 3.74. The van der Waals surface area contributed by atoms with E-state index in [1.54, 1.807) is 0 Å². The van der Waals surface area contributed by atoms with Crippen molar-refractivity contribution in [2.75, 3.05) is 13.7 Å². The van der Waals surface area contributed by atoms with Crippen LogP contribution in [0.15, 0.2) is 18.2 Å². The number of ether oxygens (including phenoxy) is 2. The van der Waals surface area contributed by atoms with Gasteiger partial charge in [-0.2, -0.15) is 13.2 Å². The van der Waals surface area contributed by atoms with E-state index in [4.69, 9.17) is 9.47 Å². The lowest BCUT2D eigenvalue weighted by atomic mass is 10.0. The molecule has 2 saturated heterocycles. The number of benzene rings is 1. The highest BCUT2D eigenvalue weighted by Gasteiger charge is 2.39. The molecule has 3 nitrogen and oxygen atoms in total. The lowest BCUT2D eigenvalue weighted by Gasteiger charge is -2.36. The van der Waals surface area contributed by atoms with Gasteiger partial charge in [0.25, 0.3) is 0 Å². The molecule has 2 aliphatic heterocycles. The van der Waals surface area contributed by atoms with Crippen LogP contribution >= 0.6 is 0 Å². The van der Waals surface area contributed by atoms with Crippen LogP contribution in [0.3, 0.4) is 0 Å². The van der Waals surface area contributed by atoms with Crippen LogP contribution in [0, 0.1) is 0 Å². The van der Waals surface area contributed by atoms with Gasteiger partial charge in [0.05, 0.1) is 12.2 Å². The Kier molecular flexibility index (Phi) is 4.95. The summed E-state index contributed by atoms with van der Waals surface area (Å²) in [6.07, 6.45) is 0.575. The predicted molar refractivity (Wildman–Crippen MR) is 85.5 cm³/mol. The Morgan fingerprint density at radius 3 is 2.38 bits per heavy atom. The van der Waals surface area contributed by atoms with Gasteiger partial charge in [-0.1, -0.05) is 6.92 Å². The Morgan fingerprint density at radius 1 is 1.12 bits per heavy atom. The van der Waals surface area contributed by atoms with Crippen LogP contribution < -0.4 is 9.47 Å². The molecule has 2 atom stereocenters. The highest BCUT2D eigenvalue weighted by molar-refractivity contribution is 5.44. The van der Waals surface area contributed by atoms with Gasteiger partial charge in [-0.3, -0.25) is 0 Å². The molecule has 2 fully saturated rings. The standard InChI is InChI=1S/C18H24F3NO2/c1-3-8-23-17-9-12(18(19,20)21)4-7-16(17)24-15-10-13-5-6-14(11-15)22(13)2/h4,7,9,13-15H,3,5-6,8,10-11H2,1-2H3. The zero-order valence-electron chi connectivity index (χ0n) is 14.1. The van der Waals surface area contributed by atoms with Crippen molar-refractivity contribution in [2.45, 2.75) is 63.4 Å². The maximum Gasteiger partial charge on any atom is 0.416 e. The zero-order chi connectivity index (χ0) is 17.3. The molecule has 3 rings (SSSR count). The van der Waals surface area contributed by atoms with Crippen LogP contribution in [0.5, 0.6) is 11.5 Å². The minimum Gasteiger partial charge on any atom is -0.490 e. The number of piperidine rings is 1. The molecule has 0 N–H and O–H groups in total. The molecule has 2 bridgehead atoms. The van der Waals surface area contributed by atoms with Crippen molar-refractivity contribution in [2.24, 2.45) is 0 Å². The Labute approximate surface area is 140 Å². The largest absolute Gasteiger partial charge is 0.490 e. The summed E-state index contributed by atoms with van der Waals surface area (Å²) in [4.78, 5) is 2.40. The third-order valence-corrected chi connectivity index (χ3v) is 5.08. The van der Waals surface area contributed by atoms with Gasteiger partial charge in [-0.05, 0) is 57.4 Å². The minimum absolute atomic E-state index is 0.0411. The molecule has 1 aromatic rings. The molecule has 0 radical (unpaired) electrons. The lowest BCUT2D eigenvalue weighted by molar-refractivity contribution is -0.137. The number of fused-ring (bicyclic) bond motifs is 2. The van der Waals surface area contributed by atoms with Crippen LogP contribution in [0.25, 0.3) is 0 Å². The van der Waals surface area contributed by atoms with Crippen LogP contribution in [0.2, 0.25) is 0 Å². The Morgan fingerprint density at radius 2 is 1.79 bits per heavy atom. The van der Waals surface area contributed by atoms with E-state index in [0.29, 0.717) is 24.4 Å². The summed E-state index contributed by atoms with van der Waals surface area (Å²) in [5.74, 6) is 0.614. The van der Waals surface area contributed by atoms with Gasteiger partial charge in [0, 0.05) is 12.1 Å². The zero-order valence-corrected chi connectivity index (χ0v) is 14.1. The second kappa shape index (κ2) is 6.82. The highest BCUT2D eigenvalue weighted by atomic mass is 19.4. The summed E-state index contributed by atoms with van der Waals surface area (Å²) in [6.45, 7) is 2.29. The van der Waals surface area contributed by atoms with Crippen molar-refractivity contribution >= 4 is 0 Å². The number of nitrogens with zero attached hydrogens (tertiary/aromatic N) is 1. The average Bonchev–Trinajstić information content (AvgIpc) is 2.74. The third kappa shape index (κ3) is 3.63. The van der Waals surface area contributed by atoms with E-state index in [9.17, 15) is 13.2 Å². The van der Waals surface area contributed by atoms with Crippen molar-refractivity contribution in [3.8, 4) is 11.5 Å². The van der Waals surface area contributed by atoms with E-state index >= 15 is 0 Å². The van der Waals surface area contributed by atoms with Gasteiger partial charge in [-0.15, -0.1) is 0 Å². The minimum atomic E-state index is -4.38. The molecule has 0 spiro atoms. The predicted octanol–water partition coefficient (Wildman–Crippen LogP) is 4.50. The Bertz CT molecular complexity index is 562. The molecule has 24 heavy (non-hydrogen) atoms. The smallest absolute Gasteiger partial charge is 0.416 e. The molecule has 2 heterocycles. The number of hydrogen-bond donors (Lipinski definition) is 0. The van der Waals surface area contributed by atoms with Crippen molar-refractivity contribution in [1.29, 1.82) is 0 Å². The summed E-state index contributed by atoms with van der Waals surface area (Å²) in [6, 6.07) is 4.55. The van der Waals surface area contributed by atoms with Gasteiger partial charge in [0.15, 0.2) is 11.5 Å². The van der Waals surface area contributed by atoms with Gasteiger partial charge < -0.3 is 14.4 Å². The van der Waals surface area contributed by atoms with E-state index < -0.39 is 11.7 Å². The molecule has 134 valence electrons. The van der Waals surface area contributed by atoms with Crippen LogP contribution in [0.4, 0.5) is 13.2 Å². The van der Waals surface area contributed by atoms with Crippen LogP contribution in [0.1, 0.15) is 44.6 Å². The summed E-state index contributed by atoms with van der Waals surface area (Å²) in [5, 5.41) is 0. The lowest BCUT2D eigenvalue weighted by Crippen LogP contribution is -2.43. The van der Waals surface area contributed by atoms with Crippen molar-refractivity contribution < 1.29 is 22.6 Å². The van der Waals surface area contributed by atoms with Crippen molar-refractivity contribution in [3.63, 3.8) is 0 Å². The quantitative estimate of drug-likeness (QED) is 0.786.